The molecule has 2 rings (SSSR count). The van der Waals surface area contributed by atoms with Crippen molar-refractivity contribution in [1.29, 1.82) is 0 Å². The van der Waals surface area contributed by atoms with E-state index in [4.69, 9.17) is 14.9 Å². The van der Waals surface area contributed by atoms with Gasteiger partial charge in [-0.25, -0.2) is 0 Å². The van der Waals surface area contributed by atoms with Crippen molar-refractivity contribution in [1.82, 2.24) is 0 Å². The lowest BCUT2D eigenvalue weighted by molar-refractivity contribution is 0.410. The molecule has 1 heterocycles. The fourth-order valence-electron chi connectivity index (χ4n) is 2.07. The molecule has 0 aliphatic rings. The van der Waals surface area contributed by atoms with Crippen molar-refractivity contribution >= 4 is 21.6 Å². The van der Waals surface area contributed by atoms with E-state index in [-0.39, 0.29) is 6.04 Å². The summed E-state index contributed by atoms with van der Waals surface area (Å²) in [5.41, 5.74) is 6.88. The number of para-hydroxylation sites is 2. The van der Waals surface area contributed by atoms with E-state index in [2.05, 4.69) is 20.8 Å². The van der Waals surface area contributed by atoms with Gasteiger partial charge in [0.15, 0.2) is 0 Å². The summed E-state index contributed by atoms with van der Waals surface area (Å²) in [5.74, 6) is 1.63. The standard InChI is InChI=1S/C14H17BrN2O2/c1-17(11-5-3-4-6-13(11)18-2)12(9-16)14-10(15)7-8-19-14/h3-8,12H,9,16H2,1-2H3. The number of furan rings is 1. The minimum atomic E-state index is -0.0549. The number of benzene rings is 1. The fraction of sp³-hybridized carbons (Fsp3) is 0.286. The topological polar surface area (TPSA) is 51.6 Å². The third kappa shape index (κ3) is 2.77. The molecule has 0 saturated carbocycles. The van der Waals surface area contributed by atoms with Gasteiger partial charge in [-0.1, -0.05) is 12.1 Å². The van der Waals surface area contributed by atoms with Crippen LogP contribution in [0.15, 0.2) is 45.5 Å². The molecule has 1 aromatic heterocycles. The second-order valence-corrected chi connectivity index (χ2v) is 5.02. The smallest absolute Gasteiger partial charge is 0.142 e. The van der Waals surface area contributed by atoms with Crippen molar-refractivity contribution in [2.45, 2.75) is 6.04 Å². The first-order valence-corrected chi connectivity index (χ1v) is 6.77. The normalized spacial score (nSPS) is 12.2. The van der Waals surface area contributed by atoms with E-state index in [9.17, 15) is 0 Å². The van der Waals surface area contributed by atoms with E-state index in [1.165, 1.54) is 0 Å². The first kappa shape index (κ1) is 14.0. The number of anilines is 1. The minimum Gasteiger partial charge on any atom is -0.495 e. The van der Waals surface area contributed by atoms with Gasteiger partial charge in [-0.15, -0.1) is 0 Å². The van der Waals surface area contributed by atoms with Crippen LogP contribution < -0.4 is 15.4 Å². The number of rotatable bonds is 5. The van der Waals surface area contributed by atoms with Crippen LogP contribution in [0.5, 0.6) is 5.75 Å². The molecule has 102 valence electrons. The van der Waals surface area contributed by atoms with Crippen molar-refractivity contribution in [3.8, 4) is 5.75 Å². The van der Waals surface area contributed by atoms with Crippen LogP contribution >= 0.6 is 15.9 Å². The quantitative estimate of drug-likeness (QED) is 0.917. The second kappa shape index (κ2) is 6.12. The third-order valence-corrected chi connectivity index (χ3v) is 3.76. The van der Waals surface area contributed by atoms with Gasteiger partial charge in [0.25, 0.3) is 0 Å². The predicted molar refractivity (Wildman–Crippen MR) is 79.6 cm³/mol. The Morgan fingerprint density at radius 3 is 2.68 bits per heavy atom. The zero-order valence-electron chi connectivity index (χ0n) is 11.0. The zero-order valence-corrected chi connectivity index (χ0v) is 12.6. The summed E-state index contributed by atoms with van der Waals surface area (Å²) in [5, 5.41) is 0. The largest absolute Gasteiger partial charge is 0.495 e. The van der Waals surface area contributed by atoms with Crippen molar-refractivity contribution in [2.75, 3.05) is 25.6 Å². The van der Waals surface area contributed by atoms with Crippen LogP contribution in [0.3, 0.4) is 0 Å². The Balaban J connectivity index is 2.36. The SMILES string of the molecule is COc1ccccc1N(C)C(CN)c1occc1Br. The Morgan fingerprint density at radius 1 is 1.37 bits per heavy atom. The van der Waals surface area contributed by atoms with Gasteiger partial charge in [0.05, 0.1) is 23.5 Å². The third-order valence-electron chi connectivity index (χ3n) is 3.10. The van der Waals surface area contributed by atoms with Gasteiger partial charge >= 0.3 is 0 Å². The summed E-state index contributed by atoms with van der Waals surface area (Å²) < 4.78 is 11.8. The molecule has 5 heteroatoms. The monoisotopic (exact) mass is 324 g/mol. The molecule has 2 aromatic rings. The van der Waals surface area contributed by atoms with Crippen molar-refractivity contribution < 1.29 is 9.15 Å². The fourth-order valence-corrected chi connectivity index (χ4v) is 2.54. The maximum atomic E-state index is 5.90. The number of ether oxygens (including phenoxy) is 1. The van der Waals surface area contributed by atoms with E-state index in [1.54, 1.807) is 13.4 Å². The molecule has 1 aromatic carbocycles. The average molecular weight is 325 g/mol. The van der Waals surface area contributed by atoms with Crippen molar-refractivity contribution in [3.63, 3.8) is 0 Å². The molecular weight excluding hydrogens is 308 g/mol. The Kier molecular flexibility index (Phi) is 4.50. The van der Waals surface area contributed by atoms with Crippen LogP contribution in [0.4, 0.5) is 5.69 Å². The molecule has 0 spiro atoms. The van der Waals surface area contributed by atoms with Gasteiger partial charge in [-0.05, 0) is 34.1 Å². The lowest BCUT2D eigenvalue weighted by Gasteiger charge is -2.29. The molecule has 19 heavy (non-hydrogen) atoms. The maximum Gasteiger partial charge on any atom is 0.142 e. The Morgan fingerprint density at radius 2 is 2.11 bits per heavy atom. The predicted octanol–water partition coefficient (Wildman–Crippen LogP) is 3.19. The summed E-state index contributed by atoms with van der Waals surface area (Å²) in [4.78, 5) is 2.06. The number of nitrogens with two attached hydrogens (primary N) is 1. The van der Waals surface area contributed by atoms with E-state index in [0.717, 1.165) is 21.7 Å². The van der Waals surface area contributed by atoms with E-state index in [1.807, 2.05) is 37.4 Å². The summed E-state index contributed by atoms with van der Waals surface area (Å²) >= 11 is 3.48. The van der Waals surface area contributed by atoms with E-state index in [0.29, 0.717) is 6.54 Å². The van der Waals surface area contributed by atoms with Gasteiger partial charge in [0.1, 0.15) is 17.6 Å². The molecule has 4 nitrogen and oxygen atoms in total. The first-order chi connectivity index (χ1) is 9.19. The number of halogens is 1. The van der Waals surface area contributed by atoms with Crippen LogP contribution in [0.1, 0.15) is 11.8 Å². The molecule has 2 N–H and O–H groups in total. The van der Waals surface area contributed by atoms with E-state index < -0.39 is 0 Å². The summed E-state index contributed by atoms with van der Waals surface area (Å²) in [6, 6.07) is 9.65. The highest BCUT2D eigenvalue weighted by molar-refractivity contribution is 9.10. The number of hydrogen-bond acceptors (Lipinski definition) is 4. The summed E-state index contributed by atoms with van der Waals surface area (Å²) in [7, 11) is 3.64. The molecule has 0 fully saturated rings. The summed E-state index contributed by atoms with van der Waals surface area (Å²) in [6.07, 6.45) is 1.65. The maximum absolute atomic E-state index is 5.90. The average Bonchev–Trinajstić information content (AvgIpc) is 2.86. The molecule has 0 radical (unpaired) electrons. The van der Waals surface area contributed by atoms with Gasteiger partial charge < -0.3 is 19.8 Å². The lowest BCUT2D eigenvalue weighted by atomic mass is 10.1. The van der Waals surface area contributed by atoms with Crippen LogP contribution in [-0.2, 0) is 0 Å². The van der Waals surface area contributed by atoms with E-state index >= 15 is 0 Å². The number of nitrogens with zero attached hydrogens (tertiary/aromatic N) is 1. The Labute approximate surface area is 121 Å². The summed E-state index contributed by atoms with van der Waals surface area (Å²) in [6.45, 7) is 0.445. The minimum absolute atomic E-state index is 0.0549. The molecule has 0 bridgehead atoms. The Hall–Kier alpha value is -1.46. The van der Waals surface area contributed by atoms with Gasteiger partial charge in [-0.2, -0.15) is 0 Å². The molecule has 0 amide bonds. The highest BCUT2D eigenvalue weighted by atomic mass is 79.9. The van der Waals surface area contributed by atoms with Crippen LogP contribution in [-0.4, -0.2) is 20.7 Å². The lowest BCUT2D eigenvalue weighted by Crippen LogP contribution is -2.30. The molecular formula is C14H17BrN2O2. The van der Waals surface area contributed by atoms with Gasteiger partial charge in [0, 0.05) is 13.6 Å². The van der Waals surface area contributed by atoms with Gasteiger partial charge in [-0.3, -0.25) is 0 Å². The Bertz CT molecular complexity index is 542. The molecule has 1 unspecified atom stereocenters. The molecule has 1 atom stereocenters. The zero-order chi connectivity index (χ0) is 13.8. The highest BCUT2D eigenvalue weighted by Crippen LogP contribution is 2.35. The number of methoxy groups -OCH3 is 1. The molecule has 0 saturated heterocycles. The second-order valence-electron chi connectivity index (χ2n) is 4.17. The van der Waals surface area contributed by atoms with Crippen LogP contribution in [0, 0.1) is 0 Å². The van der Waals surface area contributed by atoms with Crippen LogP contribution in [0.25, 0.3) is 0 Å². The van der Waals surface area contributed by atoms with Crippen LogP contribution in [0.2, 0.25) is 0 Å². The van der Waals surface area contributed by atoms with Gasteiger partial charge in [0.2, 0.25) is 0 Å². The van der Waals surface area contributed by atoms with Crippen molar-refractivity contribution in [2.24, 2.45) is 5.73 Å². The first-order valence-electron chi connectivity index (χ1n) is 5.97. The number of hydrogen-bond donors (Lipinski definition) is 1. The number of likely N-dealkylation sites (N-methyl/N-ethyl adjacent to an activating group) is 1. The molecule has 0 aliphatic carbocycles. The molecule has 0 aliphatic heterocycles. The van der Waals surface area contributed by atoms with Crippen molar-refractivity contribution in [3.05, 3.63) is 46.8 Å². The highest BCUT2D eigenvalue weighted by Gasteiger charge is 2.23.